The van der Waals surface area contributed by atoms with Crippen molar-refractivity contribution in [2.24, 2.45) is 5.92 Å². The maximum Gasteiger partial charge on any atom is 0.334 e. The van der Waals surface area contributed by atoms with E-state index >= 15 is 0 Å². The molecule has 0 amide bonds. The first-order valence-electron chi connectivity index (χ1n) is 7.18. The maximum absolute atomic E-state index is 12.3. The standard InChI is InChI=1S/C18H24O3/c1-13(14(2)19)11-16(17(20)21-18(3,4)5)12-15-9-7-6-8-10-15/h6-10,12-13H,11H2,1-5H3/b16-12+. The summed E-state index contributed by atoms with van der Waals surface area (Å²) in [5.74, 6) is -0.496. The van der Waals surface area contributed by atoms with Crippen LogP contribution in [-0.4, -0.2) is 17.4 Å². The van der Waals surface area contributed by atoms with Gasteiger partial charge in [-0.1, -0.05) is 37.3 Å². The molecular formula is C18H24O3. The minimum atomic E-state index is -0.549. The molecule has 0 aromatic heterocycles. The Morgan fingerprint density at radius 2 is 1.76 bits per heavy atom. The molecule has 0 fully saturated rings. The van der Waals surface area contributed by atoms with Gasteiger partial charge in [-0.05, 0) is 45.8 Å². The molecular weight excluding hydrogens is 264 g/mol. The van der Waals surface area contributed by atoms with Crippen molar-refractivity contribution >= 4 is 17.8 Å². The van der Waals surface area contributed by atoms with Crippen LogP contribution in [0.5, 0.6) is 0 Å². The molecule has 114 valence electrons. The molecule has 1 atom stereocenters. The lowest BCUT2D eigenvalue weighted by molar-refractivity contribution is -0.150. The first-order valence-corrected chi connectivity index (χ1v) is 7.18. The molecule has 0 aliphatic rings. The summed E-state index contributed by atoms with van der Waals surface area (Å²) >= 11 is 0. The van der Waals surface area contributed by atoms with E-state index in [1.54, 1.807) is 13.0 Å². The Hall–Kier alpha value is -1.90. The first kappa shape index (κ1) is 17.2. The van der Waals surface area contributed by atoms with E-state index in [4.69, 9.17) is 4.74 Å². The lowest BCUT2D eigenvalue weighted by Gasteiger charge is -2.21. The summed E-state index contributed by atoms with van der Waals surface area (Å²) < 4.78 is 5.43. The van der Waals surface area contributed by atoms with E-state index in [1.807, 2.05) is 58.0 Å². The number of benzene rings is 1. The van der Waals surface area contributed by atoms with Crippen molar-refractivity contribution < 1.29 is 14.3 Å². The summed E-state index contributed by atoms with van der Waals surface area (Å²) in [6, 6.07) is 9.58. The predicted octanol–water partition coefficient (Wildman–Crippen LogP) is 4.03. The minimum Gasteiger partial charge on any atom is -0.457 e. The molecule has 0 radical (unpaired) electrons. The van der Waals surface area contributed by atoms with Gasteiger partial charge in [0.1, 0.15) is 11.4 Å². The van der Waals surface area contributed by atoms with E-state index in [0.717, 1.165) is 5.56 Å². The topological polar surface area (TPSA) is 43.4 Å². The molecule has 1 unspecified atom stereocenters. The number of esters is 1. The second kappa shape index (κ2) is 7.21. The van der Waals surface area contributed by atoms with Crippen molar-refractivity contribution in [3.05, 3.63) is 41.5 Å². The van der Waals surface area contributed by atoms with Gasteiger partial charge >= 0.3 is 5.97 Å². The first-order chi connectivity index (χ1) is 9.69. The summed E-state index contributed by atoms with van der Waals surface area (Å²) in [6.45, 7) is 8.86. The van der Waals surface area contributed by atoms with Gasteiger partial charge in [-0.25, -0.2) is 4.79 Å². The highest BCUT2D eigenvalue weighted by Crippen LogP contribution is 2.20. The molecule has 1 aromatic carbocycles. The number of ether oxygens (including phenoxy) is 1. The van der Waals surface area contributed by atoms with Crippen LogP contribution < -0.4 is 0 Å². The fourth-order valence-electron chi connectivity index (χ4n) is 1.77. The molecule has 0 saturated carbocycles. The highest BCUT2D eigenvalue weighted by atomic mass is 16.6. The molecule has 3 heteroatoms. The highest BCUT2D eigenvalue weighted by molar-refractivity contribution is 5.95. The van der Waals surface area contributed by atoms with Gasteiger partial charge in [0.25, 0.3) is 0 Å². The third-order valence-corrected chi connectivity index (χ3v) is 3.02. The summed E-state index contributed by atoms with van der Waals surface area (Å²) in [4.78, 5) is 23.8. The van der Waals surface area contributed by atoms with Crippen molar-refractivity contribution in [2.75, 3.05) is 0 Å². The number of Topliss-reactive ketones (excluding diaryl/α,β-unsaturated/α-hetero) is 1. The average molecular weight is 288 g/mol. The van der Waals surface area contributed by atoms with E-state index in [0.29, 0.717) is 12.0 Å². The second-order valence-corrected chi connectivity index (χ2v) is 6.30. The fraction of sp³-hybridized carbons (Fsp3) is 0.444. The second-order valence-electron chi connectivity index (χ2n) is 6.30. The smallest absolute Gasteiger partial charge is 0.334 e. The van der Waals surface area contributed by atoms with Gasteiger partial charge in [-0.15, -0.1) is 0 Å². The Labute approximate surface area is 127 Å². The average Bonchev–Trinajstić information content (AvgIpc) is 2.36. The molecule has 1 aromatic rings. The van der Waals surface area contributed by atoms with Crippen molar-refractivity contribution in [3.63, 3.8) is 0 Å². The van der Waals surface area contributed by atoms with Crippen LogP contribution in [0.2, 0.25) is 0 Å². The molecule has 0 heterocycles. The Kier molecular flexibility index (Phi) is 5.89. The molecule has 3 nitrogen and oxygen atoms in total. The minimum absolute atomic E-state index is 0.0671. The Morgan fingerprint density at radius 1 is 1.19 bits per heavy atom. The van der Waals surface area contributed by atoms with E-state index < -0.39 is 5.60 Å². The molecule has 0 saturated heterocycles. The number of hydrogen-bond acceptors (Lipinski definition) is 3. The number of rotatable bonds is 5. The zero-order chi connectivity index (χ0) is 16.0. The van der Waals surface area contributed by atoms with Gasteiger partial charge in [-0.3, -0.25) is 4.79 Å². The highest BCUT2D eigenvalue weighted by Gasteiger charge is 2.22. The van der Waals surface area contributed by atoms with Gasteiger partial charge in [0.2, 0.25) is 0 Å². The van der Waals surface area contributed by atoms with Crippen LogP contribution >= 0.6 is 0 Å². The van der Waals surface area contributed by atoms with Crippen molar-refractivity contribution in [1.82, 2.24) is 0 Å². The third-order valence-electron chi connectivity index (χ3n) is 3.02. The largest absolute Gasteiger partial charge is 0.457 e. The van der Waals surface area contributed by atoms with Gasteiger partial charge in [-0.2, -0.15) is 0 Å². The predicted molar refractivity (Wildman–Crippen MR) is 84.7 cm³/mol. The van der Waals surface area contributed by atoms with Gasteiger partial charge < -0.3 is 4.74 Å². The van der Waals surface area contributed by atoms with E-state index in [1.165, 1.54) is 0 Å². The summed E-state index contributed by atoms with van der Waals surface area (Å²) in [6.07, 6.45) is 2.19. The Bertz CT molecular complexity index is 521. The van der Waals surface area contributed by atoms with Gasteiger partial charge in [0.05, 0.1) is 0 Å². The van der Waals surface area contributed by atoms with Crippen LogP contribution in [0.4, 0.5) is 0 Å². The quantitative estimate of drug-likeness (QED) is 0.607. The lowest BCUT2D eigenvalue weighted by Crippen LogP contribution is -2.25. The van der Waals surface area contributed by atoms with Gasteiger partial charge in [0.15, 0.2) is 0 Å². The van der Waals surface area contributed by atoms with Crippen LogP contribution in [-0.2, 0) is 14.3 Å². The normalized spacial score (nSPS) is 13.7. The van der Waals surface area contributed by atoms with E-state index in [-0.39, 0.29) is 17.7 Å². The van der Waals surface area contributed by atoms with Crippen molar-refractivity contribution in [3.8, 4) is 0 Å². The Morgan fingerprint density at radius 3 is 2.24 bits per heavy atom. The van der Waals surface area contributed by atoms with Crippen LogP contribution in [0.15, 0.2) is 35.9 Å². The number of carbonyl (C=O) groups excluding carboxylic acids is 2. The third kappa shape index (κ3) is 6.39. The number of ketones is 1. The van der Waals surface area contributed by atoms with Crippen molar-refractivity contribution in [1.29, 1.82) is 0 Å². The van der Waals surface area contributed by atoms with E-state index in [2.05, 4.69) is 0 Å². The summed E-state index contributed by atoms with van der Waals surface area (Å²) in [5, 5.41) is 0. The SMILES string of the molecule is CC(=O)C(C)C/C(=C\c1ccccc1)C(=O)OC(C)(C)C. The van der Waals surface area contributed by atoms with Crippen molar-refractivity contribution in [2.45, 2.75) is 46.6 Å². The molecule has 0 spiro atoms. The van der Waals surface area contributed by atoms with Crippen LogP contribution in [0.25, 0.3) is 6.08 Å². The molecule has 1 rings (SSSR count). The van der Waals surface area contributed by atoms with Crippen LogP contribution in [0, 0.1) is 5.92 Å². The van der Waals surface area contributed by atoms with Crippen LogP contribution in [0.3, 0.4) is 0 Å². The number of hydrogen-bond donors (Lipinski definition) is 0. The molecule has 0 N–H and O–H groups in total. The lowest BCUT2D eigenvalue weighted by atomic mass is 9.96. The maximum atomic E-state index is 12.3. The number of carbonyl (C=O) groups is 2. The molecule has 0 bridgehead atoms. The fourth-order valence-corrected chi connectivity index (χ4v) is 1.77. The molecule has 21 heavy (non-hydrogen) atoms. The van der Waals surface area contributed by atoms with Gasteiger partial charge in [0, 0.05) is 11.5 Å². The monoisotopic (exact) mass is 288 g/mol. The molecule has 0 aliphatic heterocycles. The zero-order valence-electron chi connectivity index (χ0n) is 13.5. The zero-order valence-corrected chi connectivity index (χ0v) is 13.5. The Balaban J connectivity index is 3.02. The summed E-state index contributed by atoms with van der Waals surface area (Å²) in [5.41, 5.74) is 0.903. The molecule has 0 aliphatic carbocycles. The summed E-state index contributed by atoms with van der Waals surface area (Å²) in [7, 11) is 0. The van der Waals surface area contributed by atoms with E-state index in [9.17, 15) is 9.59 Å². The van der Waals surface area contributed by atoms with Crippen LogP contribution in [0.1, 0.15) is 46.6 Å².